The molecular weight excluding hydrogens is 1450 g/mol. The Hall–Kier alpha value is -4.53. The molecule has 0 bridgehead atoms. The average molecular weight is 1560 g/mol. The molecule has 2 saturated heterocycles. The van der Waals surface area contributed by atoms with Crippen molar-refractivity contribution in [2.24, 2.45) is 0 Å². The van der Waals surface area contributed by atoms with Gasteiger partial charge in [-0.15, -0.1) is 0 Å². The number of hydrogen-bond acceptors (Lipinski definition) is 0. The number of benzene rings is 4. The second-order valence-corrected chi connectivity index (χ2v) is 109. The summed E-state index contributed by atoms with van der Waals surface area (Å²) in [6.45, 7) is 45.5. The van der Waals surface area contributed by atoms with Crippen LogP contribution in [0.25, 0.3) is 0 Å². The van der Waals surface area contributed by atoms with Crippen molar-refractivity contribution in [2.75, 3.05) is 0 Å². The predicted molar refractivity (Wildman–Crippen MR) is 432 cm³/mol. The fourth-order valence-corrected chi connectivity index (χ4v) is 198. The van der Waals surface area contributed by atoms with Crippen LogP contribution < -0.4 is 20.7 Å². The maximum atomic E-state index is 11.8. The average Bonchev–Trinajstić information content (AvgIpc) is 1.52. The van der Waals surface area contributed by atoms with Crippen molar-refractivity contribution in [3.05, 3.63) is 308 Å². The van der Waals surface area contributed by atoms with Gasteiger partial charge in [0.15, 0.2) is 0 Å². The fraction of sp³-hybridized carbons (Fsp3) is 0.349. The molecule has 490 valence electrons. The first-order valence-electron chi connectivity index (χ1n) is 36.3. The molecule has 4 aromatic rings. The summed E-state index contributed by atoms with van der Waals surface area (Å²) in [7, 11) is 12.1. The van der Waals surface area contributed by atoms with Crippen LogP contribution in [0.15, 0.2) is 285 Å². The molecule has 95 heavy (non-hydrogen) atoms. The zero-order valence-corrected chi connectivity index (χ0v) is 71.7. The monoisotopic (exact) mass is 1550 g/mol. The number of fused-ring (bicyclic) bond motifs is 8. The van der Waals surface area contributed by atoms with E-state index >= 15 is 0 Å². The molecule has 0 amide bonds. The Morgan fingerprint density at radius 2 is 0.505 bits per heavy atom. The van der Waals surface area contributed by atoms with Crippen LogP contribution in [0.5, 0.6) is 0 Å². The van der Waals surface area contributed by atoms with Crippen LogP contribution in [0.4, 0.5) is 0 Å². The van der Waals surface area contributed by atoms with Gasteiger partial charge < -0.3 is 0 Å². The molecule has 0 radical (unpaired) electrons. The molecule has 2 heterocycles. The second-order valence-electron chi connectivity index (χ2n) is 34.2. The Bertz CT molecular complexity index is 3920. The quantitative estimate of drug-likeness (QED) is 0.124. The zero-order valence-electron chi connectivity index (χ0n) is 60.3. The molecule has 2 aliphatic heterocycles. The zero-order chi connectivity index (χ0) is 67.7. The van der Waals surface area contributed by atoms with Crippen molar-refractivity contribution in [2.45, 2.75) is 180 Å². The summed E-state index contributed by atoms with van der Waals surface area (Å²) in [5.41, 5.74) is 23.1. The molecule has 8 aliphatic carbocycles. The number of rotatable bonds is 12. The molecular formula is C86H104Cl2HfSi6. The Balaban J connectivity index is 1.20. The van der Waals surface area contributed by atoms with Crippen LogP contribution in [-0.2, 0) is 14.7 Å². The molecule has 0 saturated carbocycles. The summed E-state index contributed by atoms with van der Waals surface area (Å²) in [6, 6.07) is 39.7. The van der Waals surface area contributed by atoms with Crippen molar-refractivity contribution < 1.29 is 14.7 Å². The summed E-state index contributed by atoms with van der Waals surface area (Å²) in [5.74, 6) is 0.0558. The summed E-state index contributed by atoms with van der Waals surface area (Å²) in [4.78, 5) is 0. The molecule has 10 aliphatic rings. The number of allylic oxidation sites excluding steroid dienone is 32. The third-order valence-corrected chi connectivity index (χ3v) is 151. The van der Waals surface area contributed by atoms with E-state index in [4.69, 9.17) is 0 Å². The molecule has 0 nitrogen and oxygen atoms in total. The molecule has 8 atom stereocenters. The van der Waals surface area contributed by atoms with Crippen molar-refractivity contribution >= 4 is 87.8 Å². The minimum absolute atomic E-state index is 0.0140. The van der Waals surface area contributed by atoms with Gasteiger partial charge in [-0.1, -0.05) is 0 Å². The van der Waals surface area contributed by atoms with Gasteiger partial charge in [0.25, 0.3) is 0 Å². The van der Waals surface area contributed by atoms with E-state index in [1.807, 2.05) is 0 Å². The van der Waals surface area contributed by atoms with Crippen LogP contribution in [0.3, 0.4) is 0 Å². The van der Waals surface area contributed by atoms with Crippen LogP contribution in [0, 0.1) is 0 Å². The van der Waals surface area contributed by atoms with E-state index < -0.39 is 75.7 Å². The summed E-state index contributed by atoms with van der Waals surface area (Å²) in [6.07, 6.45) is 54.6. The Labute approximate surface area is 584 Å². The van der Waals surface area contributed by atoms with E-state index in [9.17, 15) is 17.2 Å². The van der Waals surface area contributed by atoms with Gasteiger partial charge in [0.1, 0.15) is 0 Å². The van der Waals surface area contributed by atoms with Crippen molar-refractivity contribution in [3.8, 4) is 0 Å². The molecule has 4 aromatic carbocycles. The molecule has 8 unspecified atom stereocenters. The van der Waals surface area contributed by atoms with E-state index in [1.54, 1.807) is 0 Å². The van der Waals surface area contributed by atoms with Crippen LogP contribution >= 0.6 is 17.2 Å². The fourth-order valence-electron chi connectivity index (χ4n) is 23.3. The number of hydrogen-bond donors (Lipinski definition) is 0. The van der Waals surface area contributed by atoms with Crippen LogP contribution in [-0.4, -0.2) is 49.9 Å². The van der Waals surface area contributed by atoms with Crippen LogP contribution in [0.1, 0.15) is 99.3 Å². The van der Waals surface area contributed by atoms with Gasteiger partial charge in [0.05, 0.1) is 0 Å². The summed E-state index contributed by atoms with van der Waals surface area (Å²) >= 11 is -7.92. The molecule has 14 rings (SSSR count). The maximum absolute atomic E-state index is 11.8. The van der Waals surface area contributed by atoms with E-state index in [0.29, 0.717) is 0 Å². The summed E-state index contributed by atoms with van der Waals surface area (Å²) in [5, 5.41) is 5.98. The first kappa shape index (κ1) is 67.6. The van der Waals surface area contributed by atoms with Gasteiger partial charge in [0, 0.05) is 0 Å². The molecule has 2 fully saturated rings. The Kier molecular flexibility index (Phi) is 16.0. The Morgan fingerprint density at radius 1 is 0.316 bits per heavy atom. The molecule has 5 spiro atoms. The van der Waals surface area contributed by atoms with Gasteiger partial charge in [-0.3, -0.25) is 0 Å². The molecule has 9 heteroatoms. The van der Waals surface area contributed by atoms with E-state index in [2.05, 4.69) is 338 Å². The first-order valence-corrected chi connectivity index (χ1v) is 71.0. The molecule has 0 N–H and O–H groups in total. The third kappa shape index (κ3) is 8.06. The van der Waals surface area contributed by atoms with Gasteiger partial charge in [-0.05, 0) is 0 Å². The number of halogens is 2. The van der Waals surface area contributed by atoms with E-state index in [-0.39, 0.29) is 23.7 Å². The minimum atomic E-state index is -7.92. The van der Waals surface area contributed by atoms with Gasteiger partial charge in [-0.2, -0.15) is 0 Å². The van der Waals surface area contributed by atoms with Crippen molar-refractivity contribution in [1.82, 2.24) is 0 Å². The van der Waals surface area contributed by atoms with Crippen LogP contribution in [0.2, 0.25) is 103 Å². The van der Waals surface area contributed by atoms with Crippen molar-refractivity contribution in [1.29, 1.82) is 0 Å². The van der Waals surface area contributed by atoms with Gasteiger partial charge in [-0.25, -0.2) is 0 Å². The van der Waals surface area contributed by atoms with Gasteiger partial charge >= 0.3 is 590 Å². The van der Waals surface area contributed by atoms with Crippen molar-refractivity contribution in [3.63, 3.8) is 0 Å². The Morgan fingerprint density at radius 3 is 0.674 bits per heavy atom. The van der Waals surface area contributed by atoms with E-state index in [0.717, 1.165) is 25.7 Å². The second kappa shape index (κ2) is 22.5. The normalized spacial score (nSPS) is 31.9. The third-order valence-electron chi connectivity index (χ3n) is 26.6. The topological polar surface area (TPSA) is 0 Å². The summed E-state index contributed by atoms with van der Waals surface area (Å²) < 4.78 is -2.62. The van der Waals surface area contributed by atoms with Gasteiger partial charge in [0.2, 0.25) is 0 Å². The van der Waals surface area contributed by atoms with E-state index in [1.165, 1.54) is 110 Å². The SMILES string of the molecule is CCC1=CC2=C(C=CC=CC2c2ccc([Si](C)(C)C)cc2)[C]12[SiH](C)[C]1(C(CC)=CC3=C1C=CC=CC3c1ccc([Si](C)(C)C)cc1)[Hf]21([Cl])([Cl])[C]2(C(CC)=CC3=C2C=CC=CC3c2ccc([Si](C)(C)C)cc2)[SiH](C)[C]12C(CC)=CC1=C2C=CC=CC1c1ccc([Si](C)(C)C)cc1. The predicted octanol–water partition coefficient (Wildman–Crippen LogP) is 22.5. The first-order chi connectivity index (χ1) is 44.9. The molecule has 0 aromatic heterocycles. The standard InChI is InChI=1S/2C43H52Si3.2ClH.Hf/c2*1-10-30-28-40-36(32-20-24-34(25-21-32)45(4,5)6)16-12-14-18-38(40)42(30)44(3)43-31(11-2)29-41-37(17-13-15-19-39(41)43)33-22-26-35(27-23-33)46(7,8)9;;;/h2*12-29,36-37,44H,10-11H2,1-9H3;2*1H;/q;;;;+2/p-2.